The van der Waals surface area contributed by atoms with E-state index in [-0.39, 0.29) is 17.0 Å². The van der Waals surface area contributed by atoms with Gasteiger partial charge in [0.1, 0.15) is 5.56 Å². The molecule has 1 atom stereocenters. The maximum Gasteiger partial charge on any atom is 0.341 e. The predicted octanol–water partition coefficient (Wildman–Crippen LogP) is 3.28. The topological polar surface area (TPSA) is 72.2 Å². The molecule has 0 amide bonds. The van der Waals surface area contributed by atoms with E-state index in [4.69, 9.17) is 0 Å². The Morgan fingerprint density at radius 2 is 2.04 bits per heavy atom. The molecule has 0 saturated carbocycles. The van der Waals surface area contributed by atoms with Gasteiger partial charge in [-0.25, -0.2) is 4.79 Å². The van der Waals surface area contributed by atoms with Crippen LogP contribution in [0.2, 0.25) is 0 Å². The fraction of sp³-hybridized carbons (Fsp3) is 0.389. The van der Waals surface area contributed by atoms with Crippen molar-refractivity contribution in [3.63, 3.8) is 0 Å². The minimum atomic E-state index is -1.19. The summed E-state index contributed by atoms with van der Waals surface area (Å²) in [6.07, 6.45) is 5.77. The molecular formula is C18H22N2O3. The number of aryl methyl sites for hydroxylation is 1. The molecule has 0 fully saturated rings. The lowest BCUT2D eigenvalue weighted by molar-refractivity contribution is 0.0693. The monoisotopic (exact) mass is 314 g/mol. The van der Waals surface area contributed by atoms with E-state index in [1.165, 1.54) is 4.57 Å². The van der Waals surface area contributed by atoms with Crippen molar-refractivity contribution in [1.82, 2.24) is 9.55 Å². The molecule has 2 rings (SSSR count). The molecule has 0 saturated heterocycles. The smallest absolute Gasteiger partial charge is 0.341 e. The number of nitrogens with zero attached hydrogens (tertiary/aromatic N) is 2. The number of aromatic nitrogens is 2. The summed E-state index contributed by atoms with van der Waals surface area (Å²) < 4.78 is 1.51. The largest absolute Gasteiger partial charge is 0.477 e. The zero-order valence-electron chi connectivity index (χ0n) is 13.9. The molecule has 0 aliphatic carbocycles. The van der Waals surface area contributed by atoms with Crippen molar-refractivity contribution >= 4 is 5.97 Å². The van der Waals surface area contributed by atoms with Crippen LogP contribution in [-0.2, 0) is 0 Å². The first-order valence-electron chi connectivity index (χ1n) is 7.55. The highest BCUT2D eigenvalue weighted by Crippen LogP contribution is 2.31. The maximum atomic E-state index is 12.7. The zero-order valence-corrected chi connectivity index (χ0v) is 13.9. The molecule has 122 valence electrons. The van der Waals surface area contributed by atoms with Crippen LogP contribution in [0.3, 0.4) is 0 Å². The molecule has 2 heterocycles. The normalized spacial score (nSPS) is 12.9. The fourth-order valence-corrected chi connectivity index (χ4v) is 2.68. The quantitative estimate of drug-likeness (QED) is 0.940. The van der Waals surface area contributed by atoms with Crippen molar-refractivity contribution in [3.8, 4) is 0 Å². The molecule has 0 bridgehead atoms. The average molecular weight is 314 g/mol. The molecule has 0 aliphatic rings. The third-order valence-corrected chi connectivity index (χ3v) is 3.75. The third-order valence-electron chi connectivity index (χ3n) is 3.75. The molecule has 5 heteroatoms. The highest BCUT2D eigenvalue weighted by atomic mass is 16.4. The van der Waals surface area contributed by atoms with Gasteiger partial charge in [0.2, 0.25) is 0 Å². The Labute approximate surface area is 135 Å². The van der Waals surface area contributed by atoms with Crippen molar-refractivity contribution < 1.29 is 9.90 Å². The summed E-state index contributed by atoms with van der Waals surface area (Å²) in [5.74, 6) is -1.19. The fourth-order valence-electron chi connectivity index (χ4n) is 2.68. The van der Waals surface area contributed by atoms with E-state index in [9.17, 15) is 14.7 Å². The molecule has 23 heavy (non-hydrogen) atoms. The van der Waals surface area contributed by atoms with E-state index in [2.05, 4.69) is 25.8 Å². The van der Waals surface area contributed by atoms with Gasteiger partial charge in [-0.15, -0.1) is 0 Å². The predicted molar refractivity (Wildman–Crippen MR) is 88.8 cm³/mol. The summed E-state index contributed by atoms with van der Waals surface area (Å²) in [5, 5.41) is 9.33. The van der Waals surface area contributed by atoms with Crippen molar-refractivity contribution in [3.05, 3.63) is 63.8 Å². The van der Waals surface area contributed by atoms with Crippen LogP contribution in [0.25, 0.3) is 0 Å². The van der Waals surface area contributed by atoms with Gasteiger partial charge in [0.25, 0.3) is 5.56 Å². The minimum absolute atomic E-state index is 0.0335. The third kappa shape index (κ3) is 3.86. The van der Waals surface area contributed by atoms with Crippen molar-refractivity contribution in [2.45, 2.75) is 40.2 Å². The lowest BCUT2D eigenvalue weighted by Gasteiger charge is -2.28. The van der Waals surface area contributed by atoms with E-state index in [0.717, 1.165) is 5.56 Å². The molecule has 0 spiro atoms. The van der Waals surface area contributed by atoms with Gasteiger partial charge >= 0.3 is 5.97 Å². The number of aromatic carboxylic acids is 1. The number of carboxylic acids is 1. The summed E-state index contributed by atoms with van der Waals surface area (Å²) in [5.41, 5.74) is 0.684. The van der Waals surface area contributed by atoms with Gasteiger partial charge in [0, 0.05) is 18.6 Å². The van der Waals surface area contributed by atoms with Gasteiger partial charge in [-0.2, -0.15) is 0 Å². The van der Waals surface area contributed by atoms with Gasteiger partial charge in [-0.05, 0) is 42.0 Å². The molecule has 1 unspecified atom stereocenters. The second-order valence-corrected chi connectivity index (χ2v) is 6.96. The number of hydrogen-bond donors (Lipinski definition) is 1. The Morgan fingerprint density at radius 3 is 2.57 bits per heavy atom. The van der Waals surface area contributed by atoms with Crippen LogP contribution in [0.15, 0.2) is 41.6 Å². The SMILES string of the molecule is Cc1ccn(C(CC(C)(C)C)c2cccnc2)c(=O)c1C(=O)O. The number of rotatable bonds is 4. The summed E-state index contributed by atoms with van der Waals surface area (Å²) in [6.45, 7) is 7.91. The number of carboxylic acid groups (broad SMARTS) is 1. The first kappa shape index (κ1) is 16.9. The first-order chi connectivity index (χ1) is 10.7. The van der Waals surface area contributed by atoms with E-state index in [1.807, 2.05) is 12.1 Å². The average Bonchev–Trinajstić information content (AvgIpc) is 2.45. The summed E-state index contributed by atoms with van der Waals surface area (Å²) in [4.78, 5) is 28.2. The van der Waals surface area contributed by atoms with E-state index in [0.29, 0.717) is 12.0 Å². The van der Waals surface area contributed by atoms with Gasteiger partial charge in [-0.1, -0.05) is 26.8 Å². The van der Waals surface area contributed by atoms with Crippen molar-refractivity contribution in [2.75, 3.05) is 0 Å². The first-order valence-corrected chi connectivity index (χ1v) is 7.55. The molecule has 2 aromatic rings. The highest BCUT2D eigenvalue weighted by Gasteiger charge is 2.25. The summed E-state index contributed by atoms with van der Waals surface area (Å²) in [7, 11) is 0. The van der Waals surface area contributed by atoms with Crippen LogP contribution >= 0.6 is 0 Å². The van der Waals surface area contributed by atoms with Crippen molar-refractivity contribution in [1.29, 1.82) is 0 Å². The van der Waals surface area contributed by atoms with Crippen LogP contribution in [0.5, 0.6) is 0 Å². The van der Waals surface area contributed by atoms with E-state index < -0.39 is 11.5 Å². The van der Waals surface area contributed by atoms with E-state index in [1.54, 1.807) is 31.6 Å². The zero-order chi connectivity index (χ0) is 17.2. The second-order valence-electron chi connectivity index (χ2n) is 6.96. The molecular weight excluding hydrogens is 292 g/mol. The van der Waals surface area contributed by atoms with Gasteiger partial charge in [0.05, 0.1) is 6.04 Å². The van der Waals surface area contributed by atoms with Crippen LogP contribution in [-0.4, -0.2) is 20.6 Å². The standard InChI is InChI=1S/C18H22N2O3/c1-12-7-9-20(16(21)15(12)17(22)23)14(10-18(2,3)4)13-6-5-8-19-11-13/h5-9,11,14H,10H2,1-4H3,(H,22,23). The summed E-state index contributed by atoms with van der Waals surface area (Å²) in [6, 6.07) is 5.16. The Kier molecular flexibility index (Phi) is 4.68. The summed E-state index contributed by atoms with van der Waals surface area (Å²) >= 11 is 0. The van der Waals surface area contributed by atoms with Crippen LogP contribution < -0.4 is 5.56 Å². The van der Waals surface area contributed by atoms with E-state index >= 15 is 0 Å². The number of hydrogen-bond acceptors (Lipinski definition) is 3. The number of pyridine rings is 2. The Bertz CT molecular complexity index is 758. The number of carbonyl (C=O) groups is 1. The van der Waals surface area contributed by atoms with Crippen LogP contribution in [0.4, 0.5) is 0 Å². The van der Waals surface area contributed by atoms with Gasteiger partial charge in [-0.3, -0.25) is 9.78 Å². The molecule has 0 radical (unpaired) electrons. The molecule has 2 aromatic heterocycles. The van der Waals surface area contributed by atoms with Crippen LogP contribution in [0.1, 0.15) is 54.7 Å². The minimum Gasteiger partial charge on any atom is -0.477 e. The molecule has 0 aromatic carbocycles. The lowest BCUT2D eigenvalue weighted by Crippen LogP contribution is -2.32. The highest BCUT2D eigenvalue weighted by molar-refractivity contribution is 5.88. The van der Waals surface area contributed by atoms with Crippen molar-refractivity contribution in [2.24, 2.45) is 5.41 Å². The maximum absolute atomic E-state index is 12.7. The molecule has 5 nitrogen and oxygen atoms in total. The Morgan fingerprint density at radius 1 is 1.35 bits per heavy atom. The molecule has 0 aliphatic heterocycles. The Balaban J connectivity index is 2.64. The van der Waals surface area contributed by atoms with Crippen LogP contribution in [0, 0.1) is 12.3 Å². The van der Waals surface area contributed by atoms with Gasteiger partial charge < -0.3 is 9.67 Å². The Hall–Kier alpha value is -2.43. The lowest BCUT2D eigenvalue weighted by atomic mass is 9.85. The second kappa shape index (κ2) is 6.36. The van der Waals surface area contributed by atoms with Gasteiger partial charge in [0.15, 0.2) is 0 Å². The molecule has 1 N–H and O–H groups in total.